The molecular weight excluding hydrogens is 739 g/mol. The minimum absolute atomic E-state index is 0.0132. The van der Waals surface area contributed by atoms with Crippen LogP contribution in [0.5, 0.6) is 11.8 Å². The van der Waals surface area contributed by atoms with Crippen molar-refractivity contribution < 1.29 is 45.7 Å². The number of hydrogen-bond donors (Lipinski definition) is 0. The fourth-order valence-electron chi connectivity index (χ4n) is 8.80. The number of carbonyl (C=O) groups is 1. The number of alkyl halides is 3. The zero-order valence-electron chi connectivity index (χ0n) is 31.4. The number of hydrogen-bond acceptors (Lipinski definition) is 10. The highest BCUT2D eigenvalue weighted by Crippen LogP contribution is 2.50. The number of ether oxygens (including phenoxy) is 4. The highest BCUT2D eigenvalue weighted by molar-refractivity contribution is 6.03. The molecule has 4 saturated heterocycles. The molecule has 296 valence electrons. The van der Waals surface area contributed by atoms with E-state index in [9.17, 15) is 9.18 Å². The quantitative estimate of drug-likeness (QED) is 0.0789. The van der Waals surface area contributed by atoms with E-state index in [1.807, 2.05) is 4.90 Å². The second-order valence-corrected chi connectivity index (χ2v) is 16.1. The number of benzene rings is 2. The maximum atomic E-state index is 17.3. The summed E-state index contributed by atoms with van der Waals surface area (Å²) in [6.45, 7) is 4.51. The summed E-state index contributed by atoms with van der Waals surface area (Å²) < 4.78 is 103. The van der Waals surface area contributed by atoms with Gasteiger partial charge in [-0.25, -0.2) is 31.6 Å². The third-order valence-corrected chi connectivity index (χ3v) is 11.1. The van der Waals surface area contributed by atoms with Crippen LogP contribution < -0.4 is 14.4 Å². The lowest BCUT2D eigenvalue weighted by molar-refractivity contribution is -0.115. The van der Waals surface area contributed by atoms with Crippen LogP contribution >= 0.6 is 0 Å². The van der Waals surface area contributed by atoms with E-state index < -0.39 is 59.7 Å². The van der Waals surface area contributed by atoms with Gasteiger partial charge in [-0.2, -0.15) is 9.97 Å². The summed E-state index contributed by atoms with van der Waals surface area (Å²) >= 11 is 0. The fraction of sp³-hybridized carbons (Fsp3) is 0.500. The molecule has 4 aliphatic heterocycles. The highest BCUT2D eigenvalue weighted by atomic mass is 19.2. The molecule has 56 heavy (non-hydrogen) atoms. The van der Waals surface area contributed by atoms with Gasteiger partial charge in [0.05, 0.1) is 29.6 Å². The Balaban J connectivity index is 1.27. The number of amides is 1. The van der Waals surface area contributed by atoms with Gasteiger partial charge in [0.1, 0.15) is 47.0 Å². The van der Waals surface area contributed by atoms with Gasteiger partial charge in [0.15, 0.2) is 12.6 Å². The molecule has 8 rings (SSSR count). The maximum Gasteiger partial charge on any atom is 0.415 e. The molecule has 4 fully saturated rings. The summed E-state index contributed by atoms with van der Waals surface area (Å²) in [7, 11) is 1.43. The smallest absolute Gasteiger partial charge is 0.415 e. The first-order valence-electron chi connectivity index (χ1n) is 18.5. The number of anilines is 1. The van der Waals surface area contributed by atoms with Gasteiger partial charge in [0, 0.05) is 50.1 Å². The molecule has 0 radical (unpaired) electrons. The van der Waals surface area contributed by atoms with E-state index in [0.29, 0.717) is 23.3 Å². The molecule has 11 nitrogen and oxygen atoms in total. The van der Waals surface area contributed by atoms with Crippen LogP contribution in [-0.2, 0) is 9.47 Å². The number of carbonyl (C=O) groups excluding carboxylic acids is 1. The number of fused-ring (bicyclic) bond motifs is 5. The summed E-state index contributed by atoms with van der Waals surface area (Å²) in [5.41, 5.74) is -2.28. The number of terminal acetylenes is 1. The molecule has 2 aromatic carbocycles. The summed E-state index contributed by atoms with van der Waals surface area (Å²) in [4.78, 5) is 30.5. The average molecular weight is 781 g/mol. The molecule has 0 aliphatic carbocycles. The van der Waals surface area contributed by atoms with Crippen LogP contribution in [0.3, 0.4) is 0 Å². The van der Waals surface area contributed by atoms with E-state index in [1.54, 1.807) is 26.8 Å². The van der Waals surface area contributed by atoms with Crippen LogP contribution in [0.4, 0.5) is 32.6 Å². The van der Waals surface area contributed by atoms with E-state index >= 15 is 17.6 Å². The Kier molecular flexibility index (Phi) is 9.19. The normalized spacial score (nSPS) is 26.2. The molecule has 2 bridgehead atoms. The van der Waals surface area contributed by atoms with Crippen molar-refractivity contribution in [1.29, 1.82) is 0 Å². The first kappa shape index (κ1) is 37.9. The van der Waals surface area contributed by atoms with Crippen molar-refractivity contribution in [2.24, 2.45) is 0 Å². The van der Waals surface area contributed by atoms with Gasteiger partial charge in [-0.3, -0.25) is 9.88 Å². The second-order valence-electron chi connectivity index (χ2n) is 16.1. The Morgan fingerprint density at radius 2 is 1.82 bits per heavy atom. The fourth-order valence-corrected chi connectivity index (χ4v) is 8.80. The van der Waals surface area contributed by atoms with Crippen LogP contribution in [0.1, 0.15) is 58.4 Å². The third-order valence-electron chi connectivity index (χ3n) is 11.1. The minimum atomic E-state index is -2.51. The van der Waals surface area contributed by atoms with Crippen molar-refractivity contribution in [3.63, 3.8) is 0 Å². The lowest BCUT2D eigenvalue weighted by atomic mass is 9.95. The number of halogens is 5. The van der Waals surface area contributed by atoms with Gasteiger partial charge in [-0.05, 0) is 63.7 Å². The lowest BCUT2D eigenvalue weighted by Crippen LogP contribution is -2.66. The van der Waals surface area contributed by atoms with E-state index in [4.69, 9.17) is 25.4 Å². The first-order chi connectivity index (χ1) is 26.6. The van der Waals surface area contributed by atoms with Crippen molar-refractivity contribution in [1.82, 2.24) is 24.8 Å². The largest absolute Gasteiger partial charge is 0.468 e. The average Bonchev–Trinajstić information content (AvgIpc) is 3.72. The Bertz CT molecular complexity index is 2270. The predicted molar refractivity (Wildman–Crippen MR) is 196 cm³/mol. The maximum absolute atomic E-state index is 17.3. The number of pyridine rings is 1. The first-order valence-corrected chi connectivity index (χ1v) is 18.5. The van der Waals surface area contributed by atoms with Crippen LogP contribution in [0, 0.1) is 24.0 Å². The van der Waals surface area contributed by atoms with E-state index in [-0.39, 0.29) is 89.9 Å². The standard InChI is InChI=1S/C40H41F5N6O5/c1-6-26-29(42)9-8-23-14-25(55-22-53-5)15-27(30(23)26)32-31(43)33-28(17-46-32)34(48-35(47-33)54-21-38-10-7-13-50(38)18-24(41)16-38)49-19-39(44)11-12-40(45,20-49)51(39)36(52)56-37(2,3)4/h1,8-9,14-15,17,24H,7,10-13,16,18-22H2,2-5H3/t24-,38+,39?,40?/m1/s1. The topological polar surface area (TPSA) is 102 Å². The molecule has 1 amide bonds. The van der Waals surface area contributed by atoms with Crippen molar-refractivity contribution in [2.45, 2.75) is 81.8 Å². The number of piperazine rings is 1. The Morgan fingerprint density at radius 1 is 1.07 bits per heavy atom. The molecule has 2 unspecified atom stereocenters. The van der Waals surface area contributed by atoms with E-state index in [0.717, 1.165) is 6.42 Å². The molecular formula is C40H41F5N6O5. The second kappa shape index (κ2) is 13.6. The highest BCUT2D eigenvalue weighted by Gasteiger charge is 2.65. The van der Waals surface area contributed by atoms with Gasteiger partial charge in [-0.1, -0.05) is 12.0 Å². The summed E-state index contributed by atoms with van der Waals surface area (Å²) in [6.07, 6.45) is 5.92. The predicted octanol–water partition coefficient (Wildman–Crippen LogP) is 7.22. The van der Waals surface area contributed by atoms with Gasteiger partial charge >= 0.3 is 12.1 Å². The molecule has 0 saturated carbocycles. The van der Waals surface area contributed by atoms with Crippen LogP contribution in [0.25, 0.3) is 32.9 Å². The molecule has 6 heterocycles. The zero-order valence-corrected chi connectivity index (χ0v) is 31.4. The number of methoxy groups -OCH3 is 1. The van der Waals surface area contributed by atoms with Crippen molar-refractivity contribution >= 4 is 33.6 Å². The third kappa shape index (κ3) is 6.38. The minimum Gasteiger partial charge on any atom is -0.468 e. The lowest BCUT2D eigenvalue weighted by Gasteiger charge is -2.47. The molecule has 0 spiro atoms. The van der Waals surface area contributed by atoms with Crippen LogP contribution in [-0.4, -0.2) is 106 Å². The van der Waals surface area contributed by atoms with Gasteiger partial charge < -0.3 is 23.8 Å². The Labute approximate surface area is 320 Å². The molecule has 16 heteroatoms. The van der Waals surface area contributed by atoms with Crippen molar-refractivity contribution in [2.75, 3.05) is 51.6 Å². The van der Waals surface area contributed by atoms with Crippen molar-refractivity contribution in [3.05, 3.63) is 47.7 Å². The summed E-state index contributed by atoms with van der Waals surface area (Å²) in [6, 6.07) is 5.41. The van der Waals surface area contributed by atoms with Gasteiger partial charge in [-0.15, -0.1) is 6.42 Å². The SMILES string of the molecule is C#Cc1c(F)ccc2cc(OCOC)cc(-c3ncc4c(N5CC6(F)CCC(F)(C5)N6C(=O)OC(C)(C)C)nc(OC[C@@]56CCCN5C[C@H](F)C6)nc4c3F)c12. The number of rotatable bonds is 8. The molecule has 2 aromatic heterocycles. The molecule has 4 atom stereocenters. The van der Waals surface area contributed by atoms with Crippen molar-refractivity contribution in [3.8, 4) is 35.4 Å². The zero-order chi connectivity index (χ0) is 39.8. The van der Waals surface area contributed by atoms with Crippen LogP contribution in [0.15, 0.2) is 30.5 Å². The monoisotopic (exact) mass is 780 g/mol. The van der Waals surface area contributed by atoms with E-state index in [1.165, 1.54) is 36.4 Å². The summed E-state index contributed by atoms with van der Waals surface area (Å²) in [5, 5.41) is 0.602. The van der Waals surface area contributed by atoms with E-state index in [2.05, 4.69) is 20.9 Å². The molecule has 4 aromatic rings. The Morgan fingerprint density at radius 3 is 2.52 bits per heavy atom. The summed E-state index contributed by atoms with van der Waals surface area (Å²) in [5.74, 6) is -4.21. The molecule has 4 aliphatic rings. The number of aromatic nitrogens is 3. The number of nitrogens with zero attached hydrogens (tertiary/aromatic N) is 6. The molecule has 0 N–H and O–H groups in total. The Hall–Kier alpha value is -5.01. The van der Waals surface area contributed by atoms with Gasteiger partial charge in [0.2, 0.25) is 11.6 Å². The van der Waals surface area contributed by atoms with Gasteiger partial charge in [0.25, 0.3) is 0 Å². The van der Waals surface area contributed by atoms with Crippen LogP contribution in [0.2, 0.25) is 0 Å².